The lowest BCUT2D eigenvalue weighted by Crippen LogP contribution is -2.18. The number of aromatic hydroxyl groups is 1. The van der Waals surface area contributed by atoms with Crippen molar-refractivity contribution in [3.8, 4) is 16.9 Å². The van der Waals surface area contributed by atoms with Crippen molar-refractivity contribution in [3.05, 3.63) is 46.4 Å². The van der Waals surface area contributed by atoms with E-state index in [2.05, 4.69) is 11.6 Å². The van der Waals surface area contributed by atoms with Crippen LogP contribution < -0.4 is 10.3 Å². The van der Waals surface area contributed by atoms with Crippen molar-refractivity contribution in [1.29, 1.82) is 0 Å². The van der Waals surface area contributed by atoms with Crippen molar-refractivity contribution in [2.45, 2.75) is 13.8 Å². The number of phenols is 1. The average Bonchev–Trinajstić information content (AvgIpc) is 2.43. The first-order valence-corrected chi connectivity index (χ1v) is 7.40. The average molecular weight is 290 g/mol. The van der Waals surface area contributed by atoms with Crippen LogP contribution in [0.3, 0.4) is 0 Å². The van der Waals surface area contributed by atoms with Gasteiger partial charge < -0.3 is 14.4 Å². The summed E-state index contributed by atoms with van der Waals surface area (Å²) in [4.78, 5) is 11.7. The van der Waals surface area contributed by atoms with Gasteiger partial charge in [0.1, 0.15) is 5.75 Å². The second kappa shape index (κ2) is 6.05. The van der Waals surface area contributed by atoms with E-state index in [4.69, 9.17) is 0 Å². The van der Waals surface area contributed by atoms with Gasteiger partial charge in [-0.05, 0) is 31.2 Å². The molecule has 0 aliphatic heterocycles. The Morgan fingerprint density at radius 1 is 1.35 bits per heavy atom. The number of anilines is 1. The van der Waals surface area contributed by atoms with Crippen molar-refractivity contribution in [3.63, 3.8) is 0 Å². The molecule has 106 valence electrons. The number of nitrogens with one attached hydrogen (secondary N) is 1. The molecule has 0 atom stereocenters. The maximum absolute atomic E-state index is 11.7. The number of hydrogen-bond donors (Lipinski definition) is 2. The van der Waals surface area contributed by atoms with Crippen molar-refractivity contribution in [2.24, 2.45) is 7.05 Å². The quantitative estimate of drug-likeness (QED) is 0.671. The fourth-order valence-corrected chi connectivity index (χ4v) is 2.45. The zero-order valence-corrected chi connectivity index (χ0v) is 12.6. The maximum Gasteiger partial charge on any atom is 0.253 e. The van der Waals surface area contributed by atoms with Crippen molar-refractivity contribution in [1.82, 2.24) is 4.57 Å². The van der Waals surface area contributed by atoms with Gasteiger partial charge in [-0.25, -0.2) is 0 Å². The van der Waals surface area contributed by atoms with Gasteiger partial charge in [-0.2, -0.15) is 0 Å². The van der Waals surface area contributed by atoms with E-state index in [0.717, 1.165) is 17.0 Å². The van der Waals surface area contributed by atoms with Crippen molar-refractivity contribution < 1.29 is 5.11 Å². The van der Waals surface area contributed by atoms with E-state index < -0.39 is 0 Å². The van der Waals surface area contributed by atoms with Crippen LogP contribution in [0.15, 0.2) is 35.3 Å². The zero-order valence-electron chi connectivity index (χ0n) is 11.8. The Morgan fingerprint density at radius 3 is 2.75 bits per heavy atom. The monoisotopic (exact) mass is 290 g/mol. The van der Waals surface area contributed by atoms with Gasteiger partial charge in [-0.1, -0.05) is 18.9 Å². The van der Waals surface area contributed by atoms with Crippen LogP contribution in [0.25, 0.3) is 11.1 Å². The summed E-state index contributed by atoms with van der Waals surface area (Å²) in [7, 11) is 1.71. The normalized spacial score (nSPS) is 10.6. The van der Waals surface area contributed by atoms with Gasteiger partial charge in [0, 0.05) is 41.4 Å². The molecule has 2 rings (SSSR count). The van der Waals surface area contributed by atoms with Gasteiger partial charge in [0.05, 0.1) is 0 Å². The third-order valence-corrected chi connectivity index (χ3v) is 3.67. The summed E-state index contributed by atoms with van der Waals surface area (Å²) in [6.07, 6.45) is 1.74. The summed E-state index contributed by atoms with van der Waals surface area (Å²) in [5.74, 6) is 1.16. The lowest BCUT2D eigenvalue weighted by Gasteiger charge is -2.11. The summed E-state index contributed by atoms with van der Waals surface area (Å²) in [6.45, 7) is 3.84. The minimum Gasteiger partial charge on any atom is -0.507 e. The van der Waals surface area contributed by atoms with Gasteiger partial charge in [0.15, 0.2) is 0 Å². The van der Waals surface area contributed by atoms with Crippen molar-refractivity contribution >= 4 is 17.6 Å². The minimum absolute atomic E-state index is 0.0240. The van der Waals surface area contributed by atoms with Crippen LogP contribution in [0.5, 0.6) is 5.75 Å². The molecule has 1 aromatic heterocycles. The van der Waals surface area contributed by atoms with Gasteiger partial charge in [0.25, 0.3) is 5.56 Å². The van der Waals surface area contributed by atoms with Gasteiger partial charge in [-0.15, -0.1) is 0 Å². The molecular weight excluding hydrogens is 272 g/mol. The fraction of sp³-hybridized carbons (Fsp3) is 0.267. The van der Waals surface area contributed by atoms with Gasteiger partial charge in [0.2, 0.25) is 0 Å². The number of phenolic OH excluding ortho intramolecular Hbond substituents is 1. The van der Waals surface area contributed by atoms with E-state index >= 15 is 0 Å². The second-order valence-electron chi connectivity index (χ2n) is 4.59. The van der Waals surface area contributed by atoms with Crippen LogP contribution in [0.2, 0.25) is 0 Å². The molecule has 0 radical (unpaired) electrons. The Hall–Kier alpha value is -1.88. The summed E-state index contributed by atoms with van der Waals surface area (Å²) in [5, 5.41) is 10.0. The Morgan fingerprint density at radius 2 is 2.10 bits per heavy atom. The summed E-state index contributed by atoms with van der Waals surface area (Å²) in [5.41, 5.74) is 3.10. The molecule has 1 aromatic carbocycles. The zero-order chi connectivity index (χ0) is 14.7. The van der Waals surface area contributed by atoms with E-state index in [0.29, 0.717) is 11.1 Å². The Balaban J connectivity index is 2.48. The molecular formula is C15H18N2O2S. The molecule has 0 saturated heterocycles. The Kier molecular flexibility index (Phi) is 4.39. The molecule has 0 aliphatic rings. The molecule has 0 saturated carbocycles. The summed E-state index contributed by atoms with van der Waals surface area (Å²) < 4.78 is 4.74. The summed E-state index contributed by atoms with van der Waals surface area (Å²) >= 11 is 1.59. The molecule has 5 heteroatoms. The highest BCUT2D eigenvalue weighted by Crippen LogP contribution is 2.32. The van der Waals surface area contributed by atoms with Crippen LogP contribution in [0.1, 0.15) is 12.5 Å². The third-order valence-electron chi connectivity index (χ3n) is 3.00. The number of nitrogens with zero attached hydrogens (tertiary/aromatic N) is 1. The Bertz CT molecular complexity index is 654. The SMILES string of the molecule is CCSNc1ccc(O)c(-c2cc(C)c(=O)n(C)c2)c1. The van der Waals surface area contributed by atoms with Gasteiger partial charge >= 0.3 is 0 Å². The van der Waals surface area contributed by atoms with E-state index in [1.165, 1.54) is 4.57 Å². The molecule has 0 fully saturated rings. The molecule has 1 heterocycles. The molecule has 2 N–H and O–H groups in total. The molecule has 0 unspecified atom stereocenters. The molecule has 20 heavy (non-hydrogen) atoms. The van der Waals surface area contributed by atoms with Crippen LogP contribution in [0, 0.1) is 6.92 Å². The predicted octanol–water partition coefficient (Wildman–Crippen LogP) is 3.15. The van der Waals surface area contributed by atoms with E-state index in [9.17, 15) is 9.90 Å². The highest BCUT2D eigenvalue weighted by Gasteiger charge is 2.08. The lowest BCUT2D eigenvalue weighted by molar-refractivity contribution is 0.477. The molecule has 2 aromatic rings. The highest BCUT2D eigenvalue weighted by molar-refractivity contribution is 8.00. The predicted molar refractivity (Wildman–Crippen MR) is 85.3 cm³/mol. The number of benzene rings is 1. The summed E-state index contributed by atoms with van der Waals surface area (Å²) in [6, 6.07) is 7.18. The number of aryl methyl sites for hydroxylation is 2. The first-order chi connectivity index (χ1) is 9.52. The second-order valence-corrected chi connectivity index (χ2v) is 5.67. The topological polar surface area (TPSA) is 54.3 Å². The lowest BCUT2D eigenvalue weighted by atomic mass is 10.0. The Labute approximate surface area is 122 Å². The van der Waals surface area contributed by atoms with Crippen LogP contribution >= 0.6 is 11.9 Å². The molecule has 0 spiro atoms. The van der Waals surface area contributed by atoms with Crippen LogP contribution in [-0.2, 0) is 7.05 Å². The number of hydrogen-bond acceptors (Lipinski definition) is 4. The van der Waals surface area contributed by atoms with Crippen molar-refractivity contribution in [2.75, 3.05) is 10.5 Å². The standard InChI is InChI=1S/C15H18N2O2S/c1-4-20-16-12-5-6-14(18)13(8-12)11-7-10(2)15(19)17(3)9-11/h5-9,16,18H,4H2,1-3H3. The molecule has 0 bridgehead atoms. The largest absolute Gasteiger partial charge is 0.507 e. The van der Waals surface area contributed by atoms with E-state index in [-0.39, 0.29) is 11.3 Å². The molecule has 0 amide bonds. The minimum atomic E-state index is -0.0240. The first kappa shape index (κ1) is 14.5. The van der Waals surface area contributed by atoms with Gasteiger partial charge in [-0.3, -0.25) is 4.79 Å². The van der Waals surface area contributed by atoms with E-state index in [1.807, 2.05) is 12.1 Å². The smallest absolute Gasteiger partial charge is 0.253 e. The number of pyridine rings is 1. The van der Waals surface area contributed by atoms with Crippen LogP contribution in [0.4, 0.5) is 5.69 Å². The fourth-order valence-electron chi connectivity index (χ4n) is 2.01. The third kappa shape index (κ3) is 2.99. The molecule has 4 nitrogen and oxygen atoms in total. The maximum atomic E-state index is 11.7. The number of aromatic nitrogens is 1. The highest BCUT2D eigenvalue weighted by atomic mass is 32.2. The molecule has 0 aliphatic carbocycles. The van der Waals surface area contributed by atoms with E-state index in [1.54, 1.807) is 44.2 Å². The number of rotatable bonds is 4. The first-order valence-electron chi connectivity index (χ1n) is 6.41. The van der Waals surface area contributed by atoms with Crippen LogP contribution in [-0.4, -0.2) is 15.4 Å².